The largest absolute Gasteiger partial charge is 0.493 e. The van der Waals surface area contributed by atoms with Crippen molar-refractivity contribution in [1.29, 1.82) is 0 Å². The fourth-order valence-corrected chi connectivity index (χ4v) is 4.10. The standard InChI is InChI=1S/C28H31N3O5/c1-33-23-10-6-7-11-25(23)36-17-16-31-22-9-5-4-8-21(22)30-27(31)14-15-29-28(32)19-20-12-13-24(34-2)26(18-20)35-3/h4-13,18H,14-17,19H2,1-3H3,(H,29,32). The third-order valence-electron chi connectivity index (χ3n) is 5.86. The van der Waals surface area contributed by atoms with Gasteiger partial charge in [-0.2, -0.15) is 0 Å². The molecule has 1 heterocycles. The molecule has 0 aliphatic heterocycles. The van der Waals surface area contributed by atoms with Crippen molar-refractivity contribution < 1.29 is 23.7 Å². The minimum absolute atomic E-state index is 0.0654. The molecule has 36 heavy (non-hydrogen) atoms. The van der Waals surface area contributed by atoms with Crippen molar-refractivity contribution in [2.45, 2.75) is 19.4 Å². The van der Waals surface area contributed by atoms with E-state index in [4.69, 9.17) is 23.9 Å². The van der Waals surface area contributed by atoms with E-state index in [-0.39, 0.29) is 12.3 Å². The summed E-state index contributed by atoms with van der Waals surface area (Å²) < 4.78 is 24.1. The van der Waals surface area contributed by atoms with Crippen LogP contribution in [0.3, 0.4) is 0 Å². The number of imidazole rings is 1. The van der Waals surface area contributed by atoms with Crippen LogP contribution in [-0.2, 0) is 24.2 Å². The topological polar surface area (TPSA) is 83.8 Å². The Bertz CT molecular complexity index is 1320. The molecule has 0 spiro atoms. The predicted molar refractivity (Wildman–Crippen MR) is 138 cm³/mol. The highest BCUT2D eigenvalue weighted by molar-refractivity contribution is 5.79. The Balaban J connectivity index is 1.37. The van der Waals surface area contributed by atoms with Gasteiger partial charge in [0.15, 0.2) is 23.0 Å². The van der Waals surface area contributed by atoms with Gasteiger partial charge in [0.2, 0.25) is 5.91 Å². The summed E-state index contributed by atoms with van der Waals surface area (Å²) in [6, 6.07) is 21.1. The van der Waals surface area contributed by atoms with E-state index in [0.717, 1.165) is 22.4 Å². The van der Waals surface area contributed by atoms with Gasteiger partial charge in [-0.1, -0.05) is 30.3 Å². The first kappa shape index (κ1) is 24.9. The second-order valence-corrected chi connectivity index (χ2v) is 8.13. The summed E-state index contributed by atoms with van der Waals surface area (Å²) in [5.74, 6) is 3.47. The highest BCUT2D eigenvalue weighted by atomic mass is 16.5. The lowest BCUT2D eigenvalue weighted by Crippen LogP contribution is -2.28. The average Bonchev–Trinajstić information content (AvgIpc) is 3.26. The minimum atomic E-state index is -0.0654. The number of nitrogens with zero attached hydrogens (tertiary/aromatic N) is 2. The molecule has 4 aromatic rings. The Morgan fingerprint density at radius 1 is 0.861 bits per heavy atom. The van der Waals surface area contributed by atoms with Gasteiger partial charge in [-0.15, -0.1) is 0 Å². The maximum absolute atomic E-state index is 12.6. The first-order valence-electron chi connectivity index (χ1n) is 11.8. The van der Waals surface area contributed by atoms with Crippen LogP contribution in [0.25, 0.3) is 11.0 Å². The van der Waals surface area contributed by atoms with Crippen molar-refractivity contribution in [3.63, 3.8) is 0 Å². The molecule has 0 fully saturated rings. The lowest BCUT2D eigenvalue weighted by molar-refractivity contribution is -0.120. The molecule has 188 valence electrons. The summed E-state index contributed by atoms with van der Waals surface area (Å²) in [4.78, 5) is 17.4. The number of methoxy groups -OCH3 is 3. The van der Waals surface area contributed by atoms with E-state index >= 15 is 0 Å². The van der Waals surface area contributed by atoms with Gasteiger partial charge in [-0.05, 0) is 42.0 Å². The fraction of sp³-hybridized carbons (Fsp3) is 0.286. The van der Waals surface area contributed by atoms with Crippen molar-refractivity contribution in [2.24, 2.45) is 0 Å². The van der Waals surface area contributed by atoms with Crippen LogP contribution >= 0.6 is 0 Å². The van der Waals surface area contributed by atoms with Gasteiger partial charge >= 0.3 is 0 Å². The molecule has 1 amide bonds. The molecule has 8 nitrogen and oxygen atoms in total. The molecule has 0 aliphatic rings. The Morgan fingerprint density at radius 3 is 2.33 bits per heavy atom. The van der Waals surface area contributed by atoms with Crippen molar-refractivity contribution in [3.8, 4) is 23.0 Å². The average molecular weight is 490 g/mol. The number of nitrogens with one attached hydrogen (secondary N) is 1. The predicted octanol–water partition coefficient (Wildman–Crippen LogP) is 4.04. The van der Waals surface area contributed by atoms with E-state index in [1.807, 2.05) is 60.7 Å². The molecule has 0 atom stereocenters. The normalized spacial score (nSPS) is 10.8. The minimum Gasteiger partial charge on any atom is -0.493 e. The molecule has 1 aromatic heterocycles. The Morgan fingerprint density at radius 2 is 1.56 bits per heavy atom. The molecule has 0 saturated heterocycles. The van der Waals surface area contributed by atoms with E-state index < -0.39 is 0 Å². The number of hydrogen-bond donors (Lipinski definition) is 1. The van der Waals surface area contributed by atoms with Crippen molar-refractivity contribution in [3.05, 3.63) is 78.1 Å². The Labute approximate surface area is 210 Å². The molecule has 3 aromatic carbocycles. The van der Waals surface area contributed by atoms with Gasteiger partial charge < -0.3 is 28.8 Å². The molecular formula is C28H31N3O5. The van der Waals surface area contributed by atoms with Crippen LogP contribution in [0.5, 0.6) is 23.0 Å². The second-order valence-electron chi connectivity index (χ2n) is 8.13. The zero-order valence-electron chi connectivity index (χ0n) is 20.8. The SMILES string of the molecule is COc1ccc(CC(=O)NCCc2nc3ccccc3n2CCOc2ccccc2OC)cc1OC. The molecule has 0 saturated carbocycles. The lowest BCUT2D eigenvalue weighted by Gasteiger charge is -2.13. The monoisotopic (exact) mass is 489 g/mol. The number of carbonyl (C=O) groups is 1. The van der Waals surface area contributed by atoms with Crippen molar-refractivity contribution in [1.82, 2.24) is 14.9 Å². The third-order valence-corrected chi connectivity index (χ3v) is 5.86. The molecule has 0 bridgehead atoms. The summed E-state index contributed by atoms with van der Waals surface area (Å²) in [6.45, 7) is 1.55. The van der Waals surface area contributed by atoms with E-state index in [1.54, 1.807) is 27.4 Å². The first-order chi connectivity index (χ1) is 17.6. The van der Waals surface area contributed by atoms with Crippen molar-refractivity contribution in [2.75, 3.05) is 34.5 Å². The van der Waals surface area contributed by atoms with Crippen LogP contribution in [0.1, 0.15) is 11.4 Å². The summed E-state index contributed by atoms with van der Waals surface area (Å²) in [5, 5.41) is 3.00. The molecular weight excluding hydrogens is 458 g/mol. The second kappa shape index (κ2) is 12.0. The highest BCUT2D eigenvalue weighted by Gasteiger charge is 2.13. The van der Waals surface area contributed by atoms with E-state index in [1.165, 1.54) is 0 Å². The summed E-state index contributed by atoms with van der Waals surface area (Å²) in [6.07, 6.45) is 0.852. The fourth-order valence-electron chi connectivity index (χ4n) is 4.10. The van der Waals surface area contributed by atoms with Gasteiger partial charge in [0.1, 0.15) is 12.4 Å². The number of hydrogen-bond acceptors (Lipinski definition) is 6. The maximum atomic E-state index is 12.6. The quantitative estimate of drug-likeness (QED) is 0.323. The molecule has 1 N–H and O–H groups in total. The Hall–Kier alpha value is -4.20. The molecule has 0 unspecified atom stereocenters. The molecule has 4 rings (SSSR count). The van der Waals surface area contributed by atoms with Gasteiger partial charge in [0.25, 0.3) is 0 Å². The van der Waals surface area contributed by atoms with E-state index in [9.17, 15) is 4.79 Å². The zero-order valence-corrected chi connectivity index (χ0v) is 20.8. The highest BCUT2D eigenvalue weighted by Crippen LogP contribution is 2.28. The van der Waals surface area contributed by atoms with Crippen LogP contribution in [0.15, 0.2) is 66.7 Å². The number of aromatic nitrogens is 2. The van der Waals surface area contributed by atoms with Gasteiger partial charge in [0.05, 0.1) is 45.3 Å². The number of amides is 1. The lowest BCUT2D eigenvalue weighted by atomic mass is 10.1. The number of carbonyl (C=O) groups excluding carboxylic acids is 1. The summed E-state index contributed by atoms with van der Waals surface area (Å²) in [5.41, 5.74) is 2.81. The number of benzene rings is 3. The number of rotatable bonds is 12. The molecule has 0 radical (unpaired) electrons. The molecule has 8 heteroatoms. The number of ether oxygens (including phenoxy) is 4. The maximum Gasteiger partial charge on any atom is 0.224 e. The summed E-state index contributed by atoms with van der Waals surface area (Å²) in [7, 11) is 4.79. The smallest absolute Gasteiger partial charge is 0.224 e. The zero-order chi connectivity index (χ0) is 25.3. The first-order valence-corrected chi connectivity index (χ1v) is 11.8. The van der Waals surface area contributed by atoms with Crippen molar-refractivity contribution >= 4 is 16.9 Å². The van der Waals surface area contributed by atoms with E-state index in [0.29, 0.717) is 49.1 Å². The Kier molecular flexibility index (Phi) is 8.28. The van der Waals surface area contributed by atoms with Crippen LogP contribution in [0, 0.1) is 0 Å². The van der Waals surface area contributed by atoms with Gasteiger partial charge in [-0.25, -0.2) is 4.98 Å². The van der Waals surface area contributed by atoms with E-state index in [2.05, 4.69) is 9.88 Å². The van der Waals surface area contributed by atoms with Gasteiger partial charge in [0, 0.05) is 13.0 Å². The van der Waals surface area contributed by atoms with Gasteiger partial charge in [-0.3, -0.25) is 4.79 Å². The van der Waals surface area contributed by atoms with Crippen LogP contribution in [0.4, 0.5) is 0 Å². The van der Waals surface area contributed by atoms with Crippen LogP contribution in [-0.4, -0.2) is 49.9 Å². The molecule has 0 aliphatic carbocycles. The van der Waals surface area contributed by atoms with Crippen LogP contribution < -0.4 is 24.3 Å². The number of para-hydroxylation sites is 4. The van der Waals surface area contributed by atoms with Crippen LogP contribution in [0.2, 0.25) is 0 Å². The summed E-state index contributed by atoms with van der Waals surface area (Å²) >= 11 is 0. The third kappa shape index (κ3) is 5.89. The number of fused-ring (bicyclic) bond motifs is 1.